The van der Waals surface area contributed by atoms with E-state index in [1.165, 1.54) is 64.2 Å². The monoisotopic (exact) mass is 923 g/mol. The maximum atomic E-state index is 12.8. The number of esters is 3. The highest BCUT2D eigenvalue weighted by Gasteiger charge is 2.19. The molecule has 0 spiro atoms. The molecular weight excluding hydrogens is 829 g/mol. The van der Waals surface area contributed by atoms with Gasteiger partial charge >= 0.3 is 17.9 Å². The largest absolute Gasteiger partial charge is 0.462 e. The van der Waals surface area contributed by atoms with E-state index in [2.05, 4.69) is 93.7 Å². The smallest absolute Gasteiger partial charge is 0.306 e. The summed E-state index contributed by atoms with van der Waals surface area (Å²) in [5.74, 6) is -1.07. The van der Waals surface area contributed by atoms with Crippen LogP contribution in [0.1, 0.15) is 201 Å². The summed E-state index contributed by atoms with van der Waals surface area (Å²) in [5, 5.41) is 0. The second-order valence-electron chi connectivity index (χ2n) is 16.8. The van der Waals surface area contributed by atoms with Crippen molar-refractivity contribution in [2.24, 2.45) is 0 Å². The van der Waals surface area contributed by atoms with Gasteiger partial charge in [0.15, 0.2) is 6.10 Å². The molecule has 0 aromatic carbocycles. The molecule has 6 nitrogen and oxygen atoms in total. The number of unbranched alkanes of at least 4 members (excludes halogenated alkanes) is 15. The van der Waals surface area contributed by atoms with Crippen molar-refractivity contribution in [1.29, 1.82) is 0 Å². The van der Waals surface area contributed by atoms with Gasteiger partial charge in [0.2, 0.25) is 0 Å². The van der Waals surface area contributed by atoms with Crippen LogP contribution in [0.2, 0.25) is 0 Å². The van der Waals surface area contributed by atoms with E-state index in [9.17, 15) is 14.4 Å². The highest BCUT2D eigenvalue weighted by atomic mass is 16.6. The molecule has 0 aromatic heterocycles. The van der Waals surface area contributed by atoms with E-state index < -0.39 is 6.10 Å². The van der Waals surface area contributed by atoms with E-state index in [1.54, 1.807) is 0 Å². The number of ether oxygens (including phenoxy) is 3. The lowest BCUT2D eigenvalue weighted by Gasteiger charge is -2.18. The van der Waals surface area contributed by atoms with E-state index in [0.29, 0.717) is 19.3 Å². The molecule has 0 rings (SSSR count). The van der Waals surface area contributed by atoms with Crippen LogP contribution in [0.25, 0.3) is 0 Å². The fourth-order valence-corrected chi connectivity index (χ4v) is 6.62. The van der Waals surface area contributed by atoms with Gasteiger partial charge in [-0.1, -0.05) is 250 Å². The van der Waals surface area contributed by atoms with Crippen LogP contribution < -0.4 is 0 Å². The second kappa shape index (κ2) is 53.9. The van der Waals surface area contributed by atoms with Gasteiger partial charge < -0.3 is 14.2 Å². The second-order valence-corrected chi connectivity index (χ2v) is 16.8. The molecule has 0 fully saturated rings. The Morgan fingerprint density at radius 1 is 0.328 bits per heavy atom. The third-order valence-electron chi connectivity index (χ3n) is 10.5. The van der Waals surface area contributed by atoms with Crippen LogP contribution >= 0.6 is 0 Å². The molecule has 0 amide bonds. The minimum atomic E-state index is -0.836. The Morgan fingerprint density at radius 2 is 0.687 bits per heavy atom. The van der Waals surface area contributed by atoms with Crippen molar-refractivity contribution in [2.75, 3.05) is 13.2 Å². The van der Waals surface area contributed by atoms with Gasteiger partial charge in [0, 0.05) is 19.3 Å². The number of allylic oxidation sites excluding steroid dienone is 24. The topological polar surface area (TPSA) is 78.9 Å². The molecule has 0 radical (unpaired) electrons. The van der Waals surface area contributed by atoms with Crippen LogP contribution in [-0.4, -0.2) is 37.2 Å². The minimum Gasteiger partial charge on any atom is -0.462 e. The fourth-order valence-electron chi connectivity index (χ4n) is 6.62. The summed E-state index contributed by atoms with van der Waals surface area (Å²) >= 11 is 0. The summed E-state index contributed by atoms with van der Waals surface area (Å²) in [5.41, 5.74) is 0. The van der Waals surface area contributed by atoms with Crippen LogP contribution in [0.15, 0.2) is 146 Å². The molecule has 0 aromatic rings. The Bertz CT molecular complexity index is 1530. The maximum absolute atomic E-state index is 12.8. The van der Waals surface area contributed by atoms with Gasteiger partial charge in [-0.2, -0.15) is 0 Å². The van der Waals surface area contributed by atoms with Crippen molar-refractivity contribution >= 4 is 17.9 Å². The Morgan fingerprint density at radius 3 is 1.15 bits per heavy atom. The predicted molar refractivity (Wildman–Crippen MR) is 288 cm³/mol. The summed E-state index contributed by atoms with van der Waals surface area (Å²) < 4.78 is 16.7. The summed E-state index contributed by atoms with van der Waals surface area (Å²) in [7, 11) is 0. The molecule has 0 aliphatic heterocycles. The first kappa shape index (κ1) is 62.3. The summed E-state index contributed by atoms with van der Waals surface area (Å²) in [6.07, 6.45) is 76.9. The Kier molecular flexibility index (Phi) is 50.1. The van der Waals surface area contributed by atoms with E-state index >= 15 is 0 Å². The molecule has 0 aliphatic carbocycles. The first-order chi connectivity index (χ1) is 33.0. The Balaban J connectivity index is 4.62. The predicted octanol–water partition coefficient (Wildman–Crippen LogP) is 17.6. The SMILES string of the molecule is CC\C=C/C=C\C=C/C=C\C=C\C=C/CCCCCC(=O)OC(COC(=O)CC/C=C\C/C=C\C/C=C\C/C=C\C/C=C\C/C=C\CC)COC(=O)CCCCCCCCCCCCCCC. The van der Waals surface area contributed by atoms with Crippen molar-refractivity contribution in [3.8, 4) is 0 Å². The lowest BCUT2D eigenvalue weighted by atomic mass is 10.0. The molecular formula is C61H94O6. The lowest BCUT2D eigenvalue weighted by molar-refractivity contribution is -0.166. The van der Waals surface area contributed by atoms with Gasteiger partial charge in [-0.3, -0.25) is 14.4 Å². The average Bonchev–Trinajstić information content (AvgIpc) is 3.33. The minimum absolute atomic E-state index is 0.124. The van der Waals surface area contributed by atoms with Crippen molar-refractivity contribution in [3.63, 3.8) is 0 Å². The lowest BCUT2D eigenvalue weighted by Crippen LogP contribution is -2.30. The fraction of sp³-hybridized carbons (Fsp3) is 0.557. The molecule has 0 saturated carbocycles. The van der Waals surface area contributed by atoms with Crippen molar-refractivity contribution in [1.82, 2.24) is 0 Å². The molecule has 0 heterocycles. The van der Waals surface area contributed by atoms with Crippen LogP contribution in [0, 0.1) is 0 Å². The van der Waals surface area contributed by atoms with E-state index in [1.807, 2.05) is 72.9 Å². The van der Waals surface area contributed by atoms with Crippen LogP contribution in [0.5, 0.6) is 0 Å². The molecule has 1 unspecified atom stereocenters. The molecule has 0 saturated heterocycles. The van der Waals surface area contributed by atoms with Gasteiger partial charge in [0.25, 0.3) is 0 Å². The average molecular weight is 923 g/mol. The molecule has 0 bridgehead atoms. The highest BCUT2D eigenvalue weighted by Crippen LogP contribution is 2.14. The molecule has 374 valence electrons. The standard InChI is InChI=1S/C61H94O6/c1-4-7-10-13-16-19-22-25-27-29-30-32-33-36-39-42-45-48-51-54-60(63)66-57-58(56-65-59(62)53-50-47-44-41-38-35-24-21-18-15-12-9-6-3)67-61(64)55-52-49-46-43-40-37-34-31-28-26-23-20-17-14-11-8-5-2/h7-8,10-11,14,16-17,19-20,23,25-28,30-32,34,36-37,39-40,45,48,58H,4-6,9,12-13,15,18,21-22,24,29,33,35,38,41-44,46-47,49-57H2,1-3H3/b10-7-,11-8-,17-14-,19-16-,23-20-,27-25-,28-26-,32-30-,34-31+,39-36-,40-37-,48-45-. The van der Waals surface area contributed by atoms with Gasteiger partial charge in [-0.25, -0.2) is 0 Å². The summed E-state index contributed by atoms with van der Waals surface area (Å²) in [6.45, 7) is 6.25. The highest BCUT2D eigenvalue weighted by molar-refractivity contribution is 5.71. The molecule has 0 N–H and O–H groups in total. The normalized spacial score (nSPS) is 13.3. The number of rotatable bonds is 45. The third kappa shape index (κ3) is 52.1. The van der Waals surface area contributed by atoms with Gasteiger partial charge in [-0.05, 0) is 77.0 Å². The van der Waals surface area contributed by atoms with Gasteiger partial charge in [-0.15, -0.1) is 0 Å². The maximum Gasteiger partial charge on any atom is 0.306 e. The number of hydrogen-bond donors (Lipinski definition) is 0. The van der Waals surface area contributed by atoms with Crippen LogP contribution in [0.4, 0.5) is 0 Å². The van der Waals surface area contributed by atoms with Gasteiger partial charge in [0.05, 0.1) is 0 Å². The molecule has 1 atom stereocenters. The van der Waals surface area contributed by atoms with Crippen molar-refractivity contribution < 1.29 is 28.6 Å². The van der Waals surface area contributed by atoms with Crippen molar-refractivity contribution in [3.05, 3.63) is 146 Å². The molecule has 67 heavy (non-hydrogen) atoms. The number of hydrogen-bond acceptors (Lipinski definition) is 6. The van der Waals surface area contributed by atoms with E-state index in [4.69, 9.17) is 14.2 Å². The third-order valence-corrected chi connectivity index (χ3v) is 10.5. The van der Waals surface area contributed by atoms with E-state index in [-0.39, 0.29) is 44.0 Å². The Hall–Kier alpha value is -4.71. The summed E-state index contributed by atoms with van der Waals surface area (Å²) in [4.78, 5) is 38.0. The zero-order chi connectivity index (χ0) is 48.6. The zero-order valence-electron chi connectivity index (χ0n) is 42.6. The van der Waals surface area contributed by atoms with E-state index in [0.717, 1.165) is 83.5 Å². The number of carbonyl (C=O) groups is 3. The van der Waals surface area contributed by atoms with Crippen LogP contribution in [-0.2, 0) is 28.6 Å². The Labute approximate surface area is 410 Å². The first-order valence-electron chi connectivity index (χ1n) is 26.4. The quantitative estimate of drug-likeness (QED) is 0.0199. The first-order valence-corrected chi connectivity index (χ1v) is 26.4. The molecule has 0 aliphatic rings. The number of carbonyl (C=O) groups excluding carboxylic acids is 3. The van der Waals surface area contributed by atoms with Crippen molar-refractivity contribution in [2.45, 2.75) is 207 Å². The zero-order valence-corrected chi connectivity index (χ0v) is 42.6. The molecule has 6 heteroatoms. The van der Waals surface area contributed by atoms with Gasteiger partial charge in [0.1, 0.15) is 13.2 Å². The summed E-state index contributed by atoms with van der Waals surface area (Å²) in [6, 6.07) is 0. The van der Waals surface area contributed by atoms with Crippen LogP contribution in [0.3, 0.4) is 0 Å².